The van der Waals surface area contributed by atoms with E-state index >= 15 is 0 Å². The highest BCUT2D eigenvalue weighted by molar-refractivity contribution is 5.74. The van der Waals surface area contributed by atoms with Gasteiger partial charge in [0.15, 0.2) is 24.6 Å². The molecule has 0 radical (unpaired) electrons. The molecule has 0 aliphatic carbocycles. The number of rotatable bonds is 39. The highest BCUT2D eigenvalue weighted by Gasteiger charge is 2.50. The summed E-state index contributed by atoms with van der Waals surface area (Å²) in [6, 6.07) is 0. The van der Waals surface area contributed by atoms with Crippen LogP contribution in [0.1, 0.15) is 175 Å². The second-order valence-corrected chi connectivity index (χ2v) is 16.3. The lowest BCUT2D eigenvalue weighted by molar-refractivity contribution is -0.301. The summed E-state index contributed by atoms with van der Waals surface area (Å²) >= 11 is 0. The molecule has 1 aliphatic heterocycles. The third-order valence-electron chi connectivity index (χ3n) is 10.5. The van der Waals surface area contributed by atoms with Gasteiger partial charge in [0.2, 0.25) is 0 Å². The monoisotopic (exact) mass is 913 g/mol. The van der Waals surface area contributed by atoms with E-state index in [0.29, 0.717) is 19.3 Å². The molecule has 1 fully saturated rings. The van der Waals surface area contributed by atoms with Crippen molar-refractivity contribution in [1.82, 2.24) is 0 Å². The van der Waals surface area contributed by atoms with Gasteiger partial charge in [-0.25, -0.2) is 4.79 Å². The van der Waals surface area contributed by atoms with Crippen molar-refractivity contribution in [2.24, 2.45) is 0 Å². The van der Waals surface area contributed by atoms with Crippen LogP contribution >= 0.6 is 0 Å². The van der Waals surface area contributed by atoms with E-state index in [1.165, 1.54) is 32.1 Å². The highest BCUT2D eigenvalue weighted by Crippen LogP contribution is 2.26. The number of aliphatic hydroxyl groups excluding tert-OH is 2. The first kappa shape index (κ1) is 58.9. The molecule has 0 spiro atoms. The summed E-state index contributed by atoms with van der Waals surface area (Å²) in [5.41, 5.74) is 0. The number of ether oxygens (including phenoxy) is 5. The van der Waals surface area contributed by atoms with E-state index < -0.39 is 67.3 Å². The highest BCUT2D eigenvalue weighted by atomic mass is 16.7. The Morgan fingerprint density at radius 3 is 1.54 bits per heavy atom. The van der Waals surface area contributed by atoms with E-state index in [1.807, 2.05) is 12.2 Å². The number of aliphatic carboxylic acids is 1. The lowest BCUT2D eigenvalue weighted by Crippen LogP contribution is -2.61. The fourth-order valence-electron chi connectivity index (χ4n) is 6.75. The maximum atomic E-state index is 13.0. The van der Waals surface area contributed by atoms with Crippen LogP contribution in [0.2, 0.25) is 0 Å². The van der Waals surface area contributed by atoms with Crippen LogP contribution in [0.3, 0.4) is 0 Å². The Bertz CT molecular complexity index is 1460. The summed E-state index contributed by atoms with van der Waals surface area (Å²) in [6.45, 7) is 5.60. The van der Waals surface area contributed by atoms with E-state index in [0.717, 1.165) is 83.5 Å². The first-order chi connectivity index (χ1) is 31.6. The molecular weight excluding hydrogens is 829 g/mol. The molecule has 1 heterocycles. The lowest BCUT2D eigenvalue weighted by Gasteiger charge is -2.40. The Morgan fingerprint density at radius 1 is 0.523 bits per heavy atom. The number of aliphatic hydroxyl groups is 2. The molecule has 0 amide bonds. The largest absolute Gasteiger partial charge is 0.479 e. The van der Waals surface area contributed by atoms with Crippen molar-refractivity contribution in [2.75, 3.05) is 13.2 Å². The van der Waals surface area contributed by atoms with Gasteiger partial charge in [0.05, 0.1) is 6.61 Å². The second-order valence-electron chi connectivity index (χ2n) is 16.3. The van der Waals surface area contributed by atoms with E-state index in [1.54, 1.807) is 0 Å². The van der Waals surface area contributed by atoms with Crippen molar-refractivity contribution in [3.8, 4) is 0 Å². The molecule has 1 rings (SSSR count). The molecule has 0 aromatic heterocycles. The van der Waals surface area contributed by atoms with E-state index in [4.69, 9.17) is 23.7 Å². The topological polar surface area (TPSA) is 175 Å². The van der Waals surface area contributed by atoms with Crippen LogP contribution in [-0.4, -0.2) is 89.2 Å². The molecule has 0 aromatic rings. The summed E-state index contributed by atoms with van der Waals surface area (Å²) in [7, 11) is 0. The number of hydrogen-bond acceptors (Lipinski definition) is 11. The predicted molar refractivity (Wildman–Crippen MR) is 257 cm³/mol. The van der Waals surface area contributed by atoms with Gasteiger partial charge in [-0.3, -0.25) is 14.4 Å². The molecule has 1 saturated heterocycles. The molecule has 3 N–H and O–H groups in total. The Balaban J connectivity index is 2.81. The van der Waals surface area contributed by atoms with Crippen molar-refractivity contribution >= 4 is 23.9 Å². The minimum absolute atomic E-state index is 0.0160. The zero-order chi connectivity index (χ0) is 47.6. The van der Waals surface area contributed by atoms with Crippen molar-refractivity contribution in [3.05, 3.63) is 85.1 Å². The van der Waals surface area contributed by atoms with Crippen LogP contribution in [0.15, 0.2) is 85.1 Å². The van der Waals surface area contributed by atoms with Gasteiger partial charge in [0.1, 0.15) is 18.8 Å². The number of carbonyl (C=O) groups excluding carboxylic acids is 3. The van der Waals surface area contributed by atoms with Crippen molar-refractivity contribution in [2.45, 2.75) is 212 Å². The van der Waals surface area contributed by atoms with E-state index in [-0.39, 0.29) is 25.9 Å². The predicted octanol–water partition coefficient (Wildman–Crippen LogP) is 11.2. The fourth-order valence-corrected chi connectivity index (χ4v) is 6.75. The molecule has 0 bridgehead atoms. The Hall–Kier alpha value is -4.10. The summed E-state index contributed by atoms with van der Waals surface area (Å²) in [5.74, 6) is -3.28. The van der Waals surface area contributed by atoms with Crippen LogP contribution in [0.4, 0.5) is 0 Å². The van der Waals surface area contributed by atoms with E-state index in [2.05, 4.69) is 93.7 Å². The number of esters is 3. The number of allylic oxidation sites excluding steroid dienone is 14. The first-order valence-electron chi connectivity index (χ1n) is 24.6. The lowest BCUT2D eigenvalue weighted by atomic mass is 9.98. The molecule has 65 heavy (non-hydrogen) atoms. The number of hydrogen-bond donors (Lipinski definition) is 3. The maximum absolute atomic E-state index is 13.0. The molecular formula is C53H84O12. The zero-order valence-corrected chi connectivity index (χ0v) is 39.9. The summed E-state index contributed by atoms with van der Waals surface area (Å²) in [4.78, 5) is 50.6. The third-order valence-corrected chi connectivity index (χ3v) is 10.5. The molecule has 0 aromatic carbocycles. The fraction of sp³-hybridized carbons (Fsp3) is 0.660. The molecule has 1 aliphatic rings. The number of carboxylic acid groups (broad SMARTS) is 1. The van der Waals surface area contributed by atoms with Gasteiger partial charge in [-0.15, -0.1) is 0 Å². The quantitative estimate of drug-likeness (QED) is 0.0231. The van der Waals surface area contributed by atoms with Gasteiger partial charge in [-0.1, -0.05) is 164 Å². The molecule has 12 heteroatoms. The van der Waals surface area contributed by atoms with Crippen LogP contribution in [0.5, 0.6) is 0 Å². The summed E-state index contributed by atoms with van der Waals surface area (Å²) < 4.78 is 28.1. The molecule has 0 saturated carbocycles. The molecule has 6 atom stereocenters. The van der Waals surface area contributed by atoms with Crippen molar-refractivity contribution < 1.29 is 58.2 Å². The normalized spacial score (nSPS) is 19.8. The van der Waals surface area contributed by atoms with Crippen LogP contribution in [-0.2, 0) is 42.9 Å². The summed E-state index contributed by atoms with van der Waals surface area (Å²) in [6.07, 6.45) is 39.0. The summed E-state index contributed by atoms with van der Waals surface area (Å²) in [5, 5.41) is 31.2. The van der Waals surface area contributed by atoms with E-state index in [9.17, 15) is 34.5 Å². The smallest absolute Gasteiger partial charge is 0.335 e. The molecule has 12 nitrogen and oxygen atoms in total. The van der Waals surface area contributed by atoms with Gasteiger partial charge in [-0.05, 0) is 77.0 Å². The number of unbranched alkanes of at least 4 members (excludes halogenated alkanes) is 11. The van der Waals surface area contributed by atoms with Crippen molar-refractivity contribution in [3.63, 3.8) is 0 Å². The SMILES string of the molecule is CC/C=C\C/C=C\C/C=C\C/C=C\CCC(=O)OCC(COC1OC(C(=O)O)C(O)C(O)C1OC(=O)CCCCC/C=C\C/C=C\C/C=C\CC)OC(=O)CCCCCCCCCCC. The van der Waals surface area contributed by atoms with Gasteiger partial charge in [-0.2, -0.15) is 0 Å². The minimum atomic E-state index is -1.92. The standard InChI is InChI=1S/C53H84O12/c1-4-7-10-13-16-19-21-23-25-28-30-33-36-39-45(54)61-42-44(63-46(55)40-37-34-31-27-18-15-12-9-6-3)43-62-53-51(49(58)48(57)50(65-53)52(59)60)64-47(56)41-38-35-32-29-26-24-22-20-17-14-11-8-5-2/h7-8,10-11,16-17,19-20,23-26,30,33,44,48-51,53,57-58H,4-6,9,12-15,18,21-22,27-29,31-32,34-43H2,1-3H3,(H,59,60)/b10-7-,11-8-,19-16-,20-17-,25-23-,26-24-,33-30-. The van der Waals surface area contributed by atoms with Crippen molar-refractivity contribution in [1.29, 1.82) is 0 Å². The van der Waals surface area contributed by atoms with Gasteiger partial charge < -0.3 is 39.0 Å². The minimum Gasteiger partial charge on any atom is -0.479 e. The zero-order valence-electron chi connectivity index (χ0n) is 39.9. The van der Waals surface area contributed by atoms with Gasteiger partial charge in [0, 0.05) is 19.3 Å². The average molecular weight is 913 g/mol. The van der Waals surface area contributed by atoms with Crippen LogP contribution in [0.25, 0.3) is 0 Å². The number of carbonyl (C=O) groups is 4. The van der Waals surface area contributed by atoms with Gasteiger partial charge in [0.25, 0.3) is 0 Å². The third kappa shape index (κ3) is 32.3. The van der Waals surface area contributed by atoms with Crippen LogP contribution in [0, 0.1) is 0 Å². The first-order valence-corrected chi connectivity index (χ1v) is 24.6. The Morgan fingerprint density at radius 2 is 1.00 bits per heavy atom. The second kappa shape index (κ2) is 41.3. The van der Waals surface area contributed by atoms with Crippen LogP contribution < -0.4 is 0 Å². The molecule has 6 unspecified atom stereocenters. The Labute approximate surface area is 390 Å². The molecule has 368 valence electrons. The Kier molecular flexibility index (Phi) is 37.5. The number of carboxylic acids is 1. The van der Waals surface area contributed by atoms with Gasteiger partial charge >= 0.3 is 23.9 Å². The average Bonchev–Trinajstić information content (AvgIpc) is 3.29. The maximum Gasteiger partial charge on any atom is 0.335 e.